The Morgan fingerprint density at radius 3 is 1.81 bits per heavy atom. The average Bonchev–Trinajstić information content (AvgIpc) is 3.07. The fourth-order valence-corrected chi connectivity index (χ4v) is 7.86. The highest BCUT2D eigenvalue weighted by Gasteiger charge is 2.32. The Kier molecular flexibility index (Phi) is 8.23. The molecule has 5 rings (SSSR count). The van der Waals surface area contributed by atoms with Crippen molar-refractivity contribution >= 4 is 18.1 Å². The quantitative estimate of drug-likeness (QED) is 0.176. The summed E-state index contributed by atoms with van der Waals surface area (Å²) >= 11 is 0. The number of benzene rings is 2. The lowest BCUT2D eigenvalue weighted by Gasteiger charge is -2.26. The van der Waals surface area contributed by atoms with Gasteiger partial charge >= 0.3 is 7.25 Å². The molecule has 7 heteroatoms. The van der Waals surface area contributed by atoms with Crippen LogP contribution in [0.4, 0.5) is 17.3 Å². The van der Waals surface area contributed by atoms with Crippen molar-refractivity contribution in [3.05, 3.63) is 70.0 Å². The maximum Gasteiger partial charge on any atom is 0.673 e. The Morgan fingerprint density at radius 2 is 1.27 bits per heavy atom. The van der Waals surface area contributed by atoms with Gasteiger partial charge in [0, 0.05) is 40.5 Å². The molecule has 1 saturated carbocycles. The van der Waals surface area contributed by atoms with Crippen LogP contribution in [0, 0.1) is 27.7 Å². The van der Waals surface area contributed by atoms with E-state index in [2.05, 4.69) is 81.2 Å². The van der Waals surface area contributed by atoms with E-state index < -0.39 is 7.25 Å². The molecule has 37 heavy (non-hydrogen) atoms. The van der Waals surface area contributed by atoms with Gasteiger partial charge in [0.1, 0.15) is 5.25 Å². The van der Waals surface area contributed by atoms with E-state index in [1.807, 2.05) is 0 Å². The second-order valence-electron chi connectivity index (χ2n) is 10.8. The molecule has 1 nitrogen and oxygen atoms in total. The third-order valence-electron chi connectivity index (χ3n) is 8.32. The summed E-state index contributed by atoms with van der Waals surface area (Å²) < 4.78 is 41.7. The highest BCUT2D eigenvalue weighted by Crippen LogP contribution is 2.47. The standard InChI is InChI=1S/C30H38NS.BF4/c1-19-23-12-10-16-26(19)29-21(3)31(24-13-8-7-9-14-24)22(4)30(29)27-17-11-15-25(20(27)2)28(18-23)32(5)6;2-1(3,4)5/h10-12,15-17,24,28H,7-9,13-14,18H2,1-6H3;/q+1;-1/t28-;/m0./s1. The zero-order chi connectivity index (χ0) is 27.1. The first kappa shape index (κ1) is 27.9. The molecule has 0 spiro atoms. The molecule has 1 fully saturated rings. The summed E-state index contributed by atoms with van der Waals surface area (Å²) in [6.07, 6.45) is 12.8. The molecule has 1 aromatic heterocycles. The fraction of sp³-hybridized carbons (Fsp3) is 0.467. The molecule has 2 aromatic carbocycles. The number of rotatable bonds is 2. The monoisotopic (exact) mass is 531 g/mol. The lowest BCUT2D eigenvalue weighted by atomic mass is 9.84. The summed E-state index contributed by atoms with van der Waals surface area (Å²) in [7, 11) is -5.69. The molecule has 0 radical (unpaired) electrons. The molecular formula is C30H38BF4NS. The van der Waals surface area contributed by atoms with Crippen molar-refractivity contribution < 1.29 is 17.3 Å². The molecule has 0 amide bonds. The van der Waals surface area contributed by atoms with Gasteiger partial charge in [-0.3, -0.25) is 0 Å². The highest BCUT2D eigenvalue weighted by molar-refractivity contribution is 7.95. The molecule has 0 saturated heterocycles. The summed E-state index contributed by atoms with van der Waals surface area (Å²) in [6.45, 7) is 9.52. The predicted octanol–water partition coefficient (Wildman–Crippen LogP) is 9.34. The van der Waals surface area contributed by atoms with E-state index in [4.69, 9.17) is 0 Å². The second kappa shape index (κ2) is 10.9. The van der Waals surface area contributed by atoms with Crippen LogP contribution in [0.25, 0.3) is 22.3 Å². The van der Waals surface area contributed by atoms with Crippen LogP contribution >= 0.6 is 0 Å². The molecule has 0 unspecified atom stereocenters. The Bertz CT molecular complexity index is 1270. The molecule has 0 aliphatic heterocycles. The zero-order valence-electron chi connectivity index (χ0n) is 22.8. The molecule has 2 aliphatic rings. The van der Waals surface area contributed by atoms with Gasteiger partial charge in [0.25, 0.3) is 0 Å². The van der Waals surface area contributed by atoms with Crippen LogP contribution in [0.1, 0.15) is 77.0 Å². The van der Waals surface area contributed by atoms with Crippen LogP contribution in [0.3, 0.4) is 0 Å². The van der Waals surface area contributed by atoms with E-state index in [1.54, 1.807) is 5.56 Å². The number of hydrogen-bond acceptors (Lipinski definition) is 0. The molecule has 1 atom stereocenters. The van der Waals surface area contributed by atoms with Crippen molar-refractivity contribution in [1.29, 1.82) is 0 Å². The summed E-state index contributed by atoms with van der Waals surface area (Å²) in [5, 5.41) is 0.576. The van der Waals surface area contributed by atoms with Gasteiger partial charge < -0.3 is 21.8 Å². The molecule has 0 N–H and O–H groups in total. The van der Waals surface area contributed by atoms with Gasteiger partial charge in [0.05, 0.1) is 12.5 Å². The smallest absolute Gasteiger partial charge is 0.418 e. The number of hydrogen-bond donors (Lipinski definition) is 0. The first-order valence-corrected chi connectivity index (χ1v) is 15.3. The Labute approximate surface area is 222 Å². The van der Waals surface area contributed by atoms with Gasteiger partial charge in [-0.25, -0.2) is 0 Å². The zero-order valence-corrected chi connectivity index (χ0v) is 23.6. The van der Waals surface area contributed by atoms with Gasteiger partial charge in [0.2, 0.25) is 0 Å². The number of aromatic nitrogens is 1. The maximum atomic E-state index is 9.75. The fourth-order valence-electron chi connectivity index (χ4n) is 6.58. The lowest BCUT2D eigenvalue weighted by Crippen LogP contribution is -2.16. The summed E-state index contributed by atoms with van der Waals surface area (Å²) in [5.41, 5.74) is 14.9. The van der Waals surface area contributed by atoms with Crippen LogP contribution in [0.2, 0.25) is 0 Å². The van der Waals surface area contributed by atoms with Crippen molar-refractivity contribution in [2.75, 3.05) is 12.5 Å². The van der Waals surface area contributed by atoms with Crippen molar-refractivity contribution in [2.45, 2.75) is 77.5 Å². The van der Waals surface area contributed by atoms with Gasteiger partial charge in [0.15, 0.2) is 0 Å². The van der Waals surface area contributed by atoms with Crippen LogP contribution in [-0.2, 0) is 17.3 Å². The number of halogens is 4. The number of fused-ring (bicyclic) bond motifs is 7. The Morgan fingerprint density at radius 1 is 0.757 bits per heavy atom. The topological polar surface area (TPSA) is 4.93 Å². The minimum absolute atomic E-state index is 0.314. The highest BCUT2D eigenvalue weighted by atomic mass is 32.2. The first-order chi connectivity index (χ1) is 17.4. The van der Waals surface area contributed by atoms with Crippen molar-refractivity contribution in [1.82, 2.24) is 4.57 Å². The summed E-state index contributed by atoms with van der Waals surface area (Å²) in [4.78, 5) is 0. The third-order valence-corrected chi connectivity index (χ3v) is 9.88. The maximum absolute atomic E-state index is 9.75. The number of nitrogens with zero attached hydrogens (tertiary/aromatic N) is 1. The SMILES string of the molecule is Cc1c2cccc1-c1c(c(C)n(C3CCCCC3)c1C)-c1cccc(c1C)[C@@H]([S+](C)C)C2.F[B-](F)(F)F. The van der Waals surface area contributed by atoms with E-state index in [-0.39, 0.29) is 0 Å². The molecule has 3 aromatic rings. The first-order valence-electron chi connectivity index (χ1n) is 13.2. The van der Waals surface area contributed by atoms with Crippen molar-refractivity contribution in [2.24, 2.45) is 0 Å². The minimum atomic E-state index is -6.00. The second-order valence-corrected chi connectivity index (χ2v) is 13.1. The van der Waals surface area contributed by atoms with E-state index in [9.17, 15) is 17.3 Å². The molecule has 1 heterocycles. The van der Waals surface area contributed by atoms with E-state index >= 15 is 0 Å². The minimum Gasteiger partial charge on any atom is -0.418 e. The summed E-state index contributed by atoms with van der Waals surface area (Å²) in [6, 6.07) is 14.8. The van der Waals surface area contributed by atoms with E-state index in [0.717, 1.165) is 6.42 Å². The Hall–Kier alpha value is -2.15. The molecule has 4 bridgehead atoms. The van der Waals surface area contributed by atoms with Gasteiger partial charge in [-0.15, -0.1) is 0 Å². The van der Waals surface area contributed by atoms with Gasteiger partial charge in [-0.1, -0.05) is 55.7 Å². The average molecular weight is 532 g/mol. The normalized spacial score (nSPS) is 17.8. The van der Waals surface area contributed by atoms with Crippen molar-refractivity contribution in [3.8, 4) is 22.3 Å². The van der Waals surface area contributed by atoms with Gasteiger partial charge in [-0.2, -0.15) is 0 Å². The van der Waals surface area contributed by atoms with Gasteiger partial charge in [-0.05, 0) is 79.2 Å². The largest absolute Gasteiger partial charge is 0.673 e. The molecule has 200 valence electrons. The van der Waals surface area contributed by atoms with Crippen molar-refractivity contribution in [3.63, 3.8) is 0 Å². The third kappa shape index (κ3) is 5.67. The van der Waals surface area contributed by atoms with E-state index in [1.165, 1.54) is 82.4 Å². The van der Waals surface area contributed by atoms with Crippen LogP contribution < -0.4 is 0 Å². The predicted molar refractivity (Wildman–Crippen MR) is 152 cm³/mol. The van der Waals surface area contributed by atoms with Crippen LogP contribution in [0.15, 0.2) is 36.4 Å². The lowest BCUT2D eigenvalue weighted by molar-refractivity contribution is 0.346. The van der Waals surface area contributed by atoms with Crippen LogP contribution in [-0.4, -0.2) is 24.3 Å². The Balaban J connectivity index is 0.000000586. The van der Waals surface area contributed by atoms with Crippen LogP contribution in [0.5, 0.6) is 0 Å². The molecule has 2 aliphatic carbocycles. The molecular weight excluding hydrogens is 493 g/mol. The summed E-state index contributed by atoms with van der Waals surface area (Å²) in [5.74, 6) is 0. The van der Waals surface area contributed by atoms with E-state index in [0.29, 0.717) is 22.2 Å².